The average molecular weight is 235 g/mol. The third-order valence-corrected chi connectivity index (χ3v) is 3.16. The smallest absolute Gasteiger partial charge is 0.122 e. The molecule has 2 nitrogen and oxygen atoms in total. The highest BCUT2D eigenvalue weighted by molar-refractivity contribution is 5.33. The van der Waals surface area contributed by atoms with Crippen LogP contribution in [-0.2, 0) is 6.42 Å². The van der Waals surface area contributed by atoms with Gasteiger partial charge in [-0.2, -0.15) is 0 Å². The zero-order valence-corrected chi connectivity index (χ0v) is 11.3. The lowest BCUT2D eigenvalue weighted by molar-refractivity contribution is 0.395. The molecule has 1 unspecified atom stereocenters. The van der Waals surface area contributed by atoms with E-state index >= 15 is 0 Å². The van der Waals surface area contributed by atoms with Gasteiger partial charge < -0.3 is 10.1 Å². The van der Waals surface area contributed by atoms with Gasteiger partial charge in [0.05, 0.1) is 7.11 Å². The number of hydrogen-bond donors (Lipinski definition) is 1. The van der Waals surface area contributed by atoms with Crippen LogP contribution in [0.3, 0.4) is 0 Å². The lowest BCUT2D eigenvalue weighted by Gasteiger charge is -2.17. The van der Waals surface area contributed by atoms with Gasteiger partial charge >= 0.3 is 0 Å². The molecule has 0 bridgehead atoms. The average Bonchev–Trinajstić information content (AvgIpc) is 2.37. The van der Waals surface area contributed by atoms with Crippen LogP contribution in [0, 0.1) is 5.92 Å². The fraction of sp³-hybridized carbons (Fsp3) is 0.600. The number of rotatable bonds is 8. The van der Waals surface area contributed by atoms with Gasteiger partial charge in [0.15, 0.2) is 0 Å². The van der Waals surface area contributed by atoms with Gasteiger partial charge in [-0.1, -0.05) is 38.0 Å². The molecule has 0 aliphatic heterocycles. The maximum Gasteiger partial charge on any atom is 0.122 e. The molecule has 0 aromatic heterocycles. The van der Waals surface area contributed by atoms with E-state index in [1.807, 2.05) is 19.2 Å². The monoisotopic (exact) mass is 235 g/mol. The molecule has 0 spiro atoms. The van der Waals surface area contributed by atoms with Gasteiger partial charge in [0.1, 0.15) is 5.75 Å². The van der Waals surface area contributed by atoms with Crippen molar-refractivity contribution in [3.63, 3.8) is 0 Å². The van der Waals surface area contributed by atoms with Crippen molar-refractivity contribution >= 4 is 0 Å². The lowest BCUT2D eigenvalue weighted by atomic mass is 9.93. The maximum absolute atomic E-state index is 5.41. The maximum atomic E-state index is 5.41. The van der Waals surface area contributed by atoms with Crippen molar-refractivity contribution in [2.24, 2.45) is 5.92 Å². The molecule has 1 atom stereocenters. The Labute approximate surface area is 105 Å². The zero-order chi connectivity index (χ0) is 12.5. The SMILES string of the molecule is CCCCC(CNC)Cc1ccccc1OC. The summed E-state index contributed by atoms with van der Waals surface area (Å²) in [5.41, 5.74) is 1.33. The number of hydrogen-bond acceptors (Lipinski definition) is 2. The first-order chi connectivity index (χ1) is 8.31. The van der Waals surface area contributed by atoms with E-state index in [1.165, 1.54) is 24.8 Å². The predicted molar refractivity (Wildman–Crippen MR) is 73.6 cm³/mol. The Hall–Kier alpha value is -1.02. The predicted octanol–water partition coefficient (Wildman–Crippen LogP) is 3.26. The van der Waals surface area contributed by atoms with Gasteiger partial charge in [-0.3, -0.25) is 0 Å². The Balaban J connectivity index is 2.63. The van der Waals surface area contributed by atoms with E-state index < -0.39 is 0 Å². The molecule has 17 heavy (non-hydrogen) atoms. The van der Waals surface area contributed by atoms with Crippen LogP contribution in [0.5, 0.6) is 5.75 Å². The Bertz CT molecular complexity index is 312. The van der Waals surface area contributed by atoms with Gasteiger partial charge in [-0.15, -0.1) is 0 Å². The summed E-state index contributed by atoms with van der Waals surface area (Å²) in [5, 5.41) is 3.29. The van der Waals surface area contributed by atoms with Crippen LogP contribution in [0.15, 0.2) is 24.3 Å². The fourth-order valence-corrected chi connectivity index (χ4v) is 2.24. The molecule has 0 fully saturated rings. The molecular weight excluding hydrogens is 210 g/mol. The van der Waals surface area contributed by atoms with E-state index in [0.29, 0.717) is 5.92 Å². The number of nitrogens with one attached hydrogen (secondary N) is 1. The van der Waals surface area contributed by atoms with Gasteiger partial charge in [0, 0.05) is 0 Å². The highest BCUT2D eigenvalue weighted by Gasteiger charge is 2.11. The van der Waals surface area contributed by atoms with Crippen LogP contribution in [0.2, 0.25) is 0 Å². The van der Waals surface area contributed by atoms with E-state index in [9.17, 15) is 0 Å². The van der Waals surface area contributed by atoms with Crippen molar-refractivity contribution in [2.45, 2.75) is 32.6 Å². The highest BCUT2D eigenvalue weighted by atomic mass is 16.5. The van der Waals surface area contributed by atoms with Gasteiger partial charge in [0.2, 0.25) is 0 Å². The summed E-state index contributed by atoms with van der Waals surface area (Å²) in [5.74, 6) is 1.72. The Morgan fingerprint density at radius 2 is 2.06 bits per heavy atom. The molecule has 0 aliphatic rings. The number of para-hydroxylation sites is 1. The van der Waals surface area contributed by atoms with Crippen LogP contribution >= 0.6 is 0 Å². The molecule has 0 aliphatic carbocycles. The molecule has 0 heterocycles. The number of ether oxygens (including phenoxy) is 1. The Morgan fingerprint density at radius 3 is 2.71 bits per heavy atom. The second-order valence-corrected chi connectivity index (χ2v) is 4.58. The molecule has 0 radical (unpaired) electrons. The van der Waals surface area contributed by atoms with Crippen LogP contribution in [-0.4, -0.2) is 20.7 Å². The minimum absolute atomic E-state index is 0.705. The lowest BCUT2D eigenvalue weighted by Crippen LogP contribution is -2.21. The molecule has 2 heteroatoms. The topological polar surface area (TPSA) is 21.3 Å². The minimum atomic E-state index is 0.705. The molecule has 96 valence electrons. The summed E-state index contributed by atoms with van der Waals surface area (Å²) in [6, 6.07) is 8.34. The van der Waals surface area contributed by atoms with Crippen LogP contribution < -0.4 is 10.1 Å². The second-order valence-electron chi connectivity index (χ2n) is 4.58. The van der Waals surface area contributed by atoms with Crippen molar-refractivity contribution in [1.29, 1.82) is 0 Å². The Kier molecular flexibility index (Phi) is 6.71. The van der Waals surface area contributed by atoms with Crippen LogP contribution in [0.1, 0.15) is 31.7 Å². The summed E-state index contributed by atoms with van der Waals surface area (Å²) >= 11 is 0. The van der Waals surface area contributed by atoms with Crippen molar-refractivity contribution in [1.82, 2.24) is 5.32 Å². The fourth-order valence-electron chi connectivity index (χ4n) is 2.24. The number of methoxy groups -OCH3 is 1. The van der Waals surface area contributed by atoms with E-state index in [1.54, 1.807) is 7.11 Å². The molecule has 1 N–H and O–H groups in total. The largest absolute Gasteiger partial charge is 0.496 e. The van der Waals surface area contributed by atoms with Gasteiger partial charge in [0.25, 0.3) is 0 Å². The molecule has 1 aromatic carbocycles. The number of benzene rings is 1. The summed E-state index contributed by atoms with van der Waals surface area (Å²) < 4.78 is 5.41. The number of unbranched alkanes of at least 4 members (excludes halogenated alkanes) is 1. The van der Waals surface area contributed by atoms with Crippen molar-refractivity contribution < 1.29 is 4.74 Å². The molecule has 0 saturated carbocycles. The first-order valence-electron chi connectivity index (χ1n) is 6.58. The second kappa shape index (κ2) is 8.13. The van der Waals surface area contributed by atoms with E-state index in [4.69, 9.17) is 4.74 Å². The van der Waals surface area contributed by atoms with E-state index in [-0.39, 0.29) is 0 Å². The zero-order valence-electron chi connectivity index (χ0n) is 11.3. The summed E-state index contributed by atoms with van der Waals surface area (Å²) in [6.07, 6.45) is 4.97. The molecule has 1 aromatic rings. The van der Waals surface area contributed by atoms with Crippen molar-refractivity contribution in [3.05, 3.63) is 29.8 Å². The van der Waals surface area contributed by atoms with E-state index in [2.05, 4.69) is 24.4 Å². The quantitative estimate of drug-likeness (QED) is 0.746. The molecular formula is C15H25NO. The third-order valence-electron chi connectivity index (χ3n) is 3.16. The van der Waals surface area contributed by atoms with Crippen molar-refractivity contribution in [3.8, 4) is 5.75 Å². The minimum Gasteiger partial charge on any atom is -0.496 e. The molecule has 0 amide bonds. The first-order valence-corrected chi connectivity index (χ1v) is 6.58. The third kappa shape index (κ3) is 4.78. The summed E-state index contributed by atoms with van der Waals surface area (Å²) in [6.45, 7) is 3.33. The van der Waals surface area contributed by atoms with Crippen molar-refractivity contribution in [2.75, 3.05) is 20.7 Å². The van der Waals surface area contributed by atoms with Gasteiger partial charge in [-0.25, -0.2) is 0 Å². The summed E-state index contributed by atoms with van der Waals surface area (Å²) in [4.78, 5) is 0. The first kappa shape index (κ1) is 14.0. The van der Waals surface area contributed by atoms with Gasteiger partial charge in [-0.05, 0) is 44.0 Å². The van der Waals surface area contributed by atoms with Crippen LogP contribution in [0.4, 0.5) is 0 Å². The Morgan fingerprint density at radius 1 is 1.29 bits per heavy atom. The van der Waals surface area contributed by atoms with E-state index in [0.717, 1.165) is 18.7 Å². The molecule has 1 rings (SSSR count). The summed E-state index contributed by atoms with van der Waals surface area (Å²) in [7, 11) is 3.78. The normalized spacial score (nSPS) is 12.4. The standard InChI is InChI=1S/C15H25NO/c1-4-5-8-13(12-16-2)11-14-9-6-7-10-15(14)17-3/h6-7,9-10,13,16H,4-5,8,11-12H2,1-3H3. The highest BCUT2D eigenvalue weighted by Crippen LogP contribution is 2.23. The molecule has 0 saturated heterocycles. The van der Waals surface area contributed by atoms with Crippen LogP contribution in [0.25, 0.3) is 0 Å².